The Kier molecular flexibility index (Phi) is 77.5. The van der Waals surface area contributed by atoms with Gasteiger partial charge in [-0.05, 0) is 173 Å². The Balaban J connectivity index is 5.56. The van der Waals surface area contributed by atoms with Gasteiger partial charge in [-0.2, -0.15) is 0 Å². The van der Waals surface area contributed by atoms with Crippen LogP contribution in [0.4, 0.5) is 0 Å². The van der Waals surface area contributed by atoms with Gasteiger partial charge in [0.15, 0.2) is 12.2 Å². The standard InChI is InChI=1S/C93H146O17P2/c1-5-9-13-17-21-25-29-33-37-40-43-46-50-53-57-61-65-69-73-77-90(95)103-83-88(109-92(97)79-75-71-67-63-59-55-49-36-32-28-24-20-16-12-8-4)85-107-111(99,100)105-81-87(94)82-106-112(101,102)108-86-89(110-93(98)80-76-72-68-64-60-56-52-48-45-42-39-35-31-27-23-19-15-11-7-3)84-104-91(96)78-74-70-66-62-58-54-51-47-44-41-38-34-30-26-22-18-14-10-6-2/h10-12,14-16,21-28,33-39,43-49,54,56,58,60,66,68,70,72,87-89,94H,5-9,13,17-20,29-32,40-42,50-53,55,57,59,61-65,67,69,71,73-86H2,1-4H3,(H,99,100)(H,101,102)/b14-10-,15-11-,16-12-,25-21-,26-22-,27-23-,28-24-,37-33-,38-34-,39-35-,46-43-,47-44-,48-45-,49-36-,58-54-,60-56-,70-66-,72-68-. The van der Waals surface area contributed by atoms with Crippen LogP contribution in [0.25, 0.3) is 0 Å². The number of aliphatic hydroxyl groups excluding tert-OH is 1. The van der Waals surface area contributed by atoms with Crippen LogP contribution in [0.1, 0.15) is 285 Å². The Morgan fingerprint density at radius 1 is 0.259 bits per heavy atom. The third kappa shape index (κ3) is 81.4. The molecular weight excluding hydrogens is 1450 g/mol. The molecule has 112 heavy (non-hydrogen) atoms. The molecule has 0 radical (unpaired) electrons. The van der Waals surface area contributed by atoms with Crippen molar-refractivity contribution in [1.82, 2.24) is 0 Å². The number of ether oxygens (including phenoxy) is 4. The Hall–Kier alpha value is -6.62. The zero-order valence-electron chi connectivity index (χ0n) is 69.0. The van der Waals surface area contributed by atoms with E-state index in [4.69, 9.17) is 37.0 Å². The van der Waals surface area contributed by atoms with Crippen LogP contribution >= 0.6 is 15.6 Å². The molecule has 17 nitrogen and oxygen atoms in total. The number of phosphoric acid groups is 2. The fourth-order valence-corrected chi connectivity index (χ4v) is 11.8. The highest BCUT2D eigenvalue weighted by molar-refractivity contribution is 7.47. The average Bonchev–Trinajstić information content (AvgIpc) is 0.898. The molecule has 0 spiro atoms. The molecule has 5 unspecified atom stereocenters. The fourth-order valence-electron chi connectivity index (χ4n) is 10.2. The number of aliphatic hydroxyl groups is 1. The maximum Gasteiger partial charge on any atom is 0.472 e. The number of carbonyl (C=O) groups is 4. The summed E-state index contributed by atoms with van der Waals surface area (Å²) >= 11 is 0. The number of phosphoric ester groups is 2. The van der Waals surface area contributed by atoms with E-state index in [2.05, 4.69) is 210 Å². The van der Waals surface area contributed by atoms with Gasteiger partial charge in [-0.25, -0.2) is 9.13 Å². The first kappa shape index (κ1) is 105. The first-order valence-corrected chi connectivity index (χ1v) is 45.0. The number of hydrogen-bond donors (Lipinski definition) is 3. The number of rotatable bonds is 76. The summed E-state index contributed by atoms with van der Waals surface area (Å²) in [7, 11) is -10.0. The number of unbranched alkanes of at least 4 members (excludes halogenated alkanes) is 14. The van der Waals surface area contributed by atoms with Crippen molar-refractivity contribution in [3.63, 3.8) is 0 Å². The van der Waals surface area contributed by atoms with E-state index >= 15 is 0 Å². The second kappa shape index (κ2) is 82.4. The van der Waals surface area contributed by atoms with Gasteiger partial charge in [0.05, 0.1) is 26.4 Å². The summed E-state index contributed by atoms with van der Waals surface area (Å²) < 4.78 is 68.6. The van der Waals surface area contributed by atoms with E-state index in [0.717, 1.165) is 173 Å². The molecule has 0 aromatic heterocycles. The molecule has 0 amide bonds. The lowest BCUT2D eigenvalue weighted by Gasteiger charge is -2.21. The van der Waals surface area contributed by atoms with E-state index in [9.17, 15) is 43.2 Å². The summed E-state index contributed by atoms with van der Waals surface area (Å²) in [6.07, 6.45) is 105. The van der Waals surface area contributed by atoms with Crippen LogP contribution < -0.4 is 0 Å². The quantitative estimate of drug-likeness (QED) is 0.0169. The monoisotopic (exact) mass is 1600 g/mol. The normalized spacial score (nSPS) is 14.9. The summed E-state index contributed by atoms with van der Waals surface area (Å²) in [5.74, 6) is -2.43. The molecule has 0 aromatic carbocycles. The third-order valence-corrected chi connectivity index (χ3v) is 18.3. The summed E-state index contributed by atoms with van der Waals surface area (Å²) in [6.45, 7) is 4.28. The smallest absolute Gasteiger partial charge is 0.462 e. The van der Waals surface area contributed by atoms with Gasteiger partial charge in [-0.15, -0.1) is 0 Å². The maximum absolute atomic E-state index is 13.1. The van der Waals surface area contributed by atoms with Crippen LogP contribution in [0.5, 0.6) is 0 Å². The summed E-state index contributed by atoms with van der Waals surface area (Å²) in [4.78, 5) is 73.2. The number of carbonyl (C=O) groups excluding carboxylic acids is 4. The lowest BCUT2D eigenvalue weighted by Crippen LogP contribution is -2.30. The number of esters is 4. The SMILES string of the molecule is CC/C=C\C/C=C\C/C=C\C/C=C\C/C=C\C/C=C\CCC(=O)OCC(COP(=O)(O)OCC(O)COP(=O)(O)OCC(COC(=O)CCCCCCCC/C=C\C/C=C\C/C=C\CCCCC)OC(=O)CCCCCCC/C=C\C/C=C\C/C=C\CC)OC(=O)CC/C=C\C/C=C\C/C=C\C/C=C\C/C=C\C/C=C\CC. The number of allylic oxidation sites excluding steroid dienone is 36. The Bertz CT molecular complexity index is 2990. The molecule has 0 fully saturated rings. The molecule has 0 saturated carbocycles. The molecule has 630 valence electrons. The lowest BCUT2D eigenvalue weighted by molar-refractivity contribution is -0.161. The van der Waals surface area contributed by atoms with E-state index in [1.54, 1.807) is 0 Å². The lowest BCUT2D eigenvalue weighted by atomic mass is 10.1. The molecule has 0 bridgehead atoms. The van der Waals surface area contributed by atoms with Crippen LogP contribution in [0.15, 0.2) is 219 Å². The first-order valence-electron chi connectivity index (χ1n) is 42.0. The van der Waals surface area contributed by atoms with Crippen LogP contribution in [0.3, 0.4) is 0 Å². The van der Waals surface area contributed by atoms with E-state index in [1.165, 1.54) is 19.3 Å². The Labute approximate surface area is 677 Å². The summed E-state index contributed by atoms with van der Waals surface area (Å²) in [6, 6.07) is 0. The number of hydrogen-bond acceptors (Lipinski definition) is 15. The highest BCUT2D eigenvalue weighted by Gasteiger charge is 2.30. The van der Waals surface area contributed by atoms with Crippen molar-refractivity contribution in [2.24, 2.45) is 0 Å². The van der Waals surface area contributed by atoms with Crippen LogP contribution in [0, 0.1) is 0 Å². The Morgan fingerprint density at radius 2 is 0.482 bits per heavy atom. The minimum absolute atomic E-state index is 0.0102. The van der Waals surface area contributed by atoms with Gasteiger partial charge in [0.25, 0.3) is 0 Å². The minimum atomic E-state index is -5.03. The zero-order chi connectivity index (χ0) is 81.7. The van der Waals surface area contributed by atoms with Gasteiger partial charge < -0.3 is 33.8 Å². The van der Waals surface area contributed by atoms with Crippen molar-refractivity contribution in [1.29, 1.82) is 0 Å². The van der Waals surface area contributed by atoms with Gasteiger partial charge in [0.1, 0.15) is 19.3 Å². The molecule has 5 atom stereocenters. The minimum Gasteiger partial charge on any atom is -0.462 e. The molecule has 3 N–H and O–H groups in total. The van der Waals surface area contributed by atoms with Gasteiger partial charge in [0.2, 0.25) is 0 Å². The second-order valence-electron chi connectivity index (χ2n) is 26.9. The predicted molar refractivity (Wildman–Crippen MR) is 463 cm³/mol. The van der Waals surface area contributed by atoms with Crippen molar-refractivity contribution in [2.75, 3.05) is 39.6 Å². The van der Waals surface area contributed by atoms with Gasteiger partial charge in [-0.3, -0.25) is 37.3 Å². The summed E-state index contributed by atoms with van der Waals surface area (Å²) in [5.41, 5.74) is 0. The first-order chi connectivity index (χ1) is 54.7. The van der Waals surface area contributed by atoms with Crippen molar-refractivity contribution >= 4 is 39.5 Å². The van der Waals surface area contributed by atoms with Crippen molar-refractivity contribution < 1.29 is 80.2 Å². The molecule has 0 heterocycles. The van der Waals surface area contributed by atoms with Crippen LogP contribution in [0.2, 0.25) is 0 Å². The van der Waals surface area contributed by atoms with E-state index in [1.807, 2.05) is 36.5 Å². The average molecular weight is 1600 g/mol. The zero-order valence-corrected chi connectivity index (χ0v) is 70.8. The highest BCUT2D eigenvalue weighted by Crippen LogP contribution is 2.45. The van der Waals surface area contributed by atoms with Gasteiger partial charge >= 0.3 is 39.5 Å². The van der Waals surface area contributed by atoms with Crippen molar-refractivity contribution in [2.45, 2.75) is 303 Å². The van der Waals surface area contributed by atoms with E-state index in [0.29, 0.717) is 38.5 Å². The molecule has 0 aliphatic rings. The largest absolute Gasteiger partial charge is 0.472 e. The maximum atomic E-state index is 13.1. The molecule has 19 heteroatoms. The Morgan fingerprint density at radius 3 is 0.786 bits per heavy atom. The third-order valence-electron chi connectivity index (χ3n) is 16.4. The highest BCUT2D eigenvalue weighted by atomic mass is 31.2. The van der Waals surface area contributed by atoms with Crippen LogP contribution in [-0.4, -0.2) is 96.7 Å². The molecule has 0 rings (SSSR count). The van der Waals surface area contributed by atoms with Gasteiger partial charge in [0, 0.05) is 25.7 Å². The fraction of sp³-hybridized carbons (Fsp3) is 0.570. The molecule has 0 aromatic rings. The van der Waals surface area contributed by atoms with Crippen molar-refractivity contribution in [3.8, 4) is 0 Å². The van der Waals surface area contributed by atoms with E-state index < -0.39 is 97.5 Å². The second-order valence-corrected chi connectivity index (χ2v) is 29.8. The van der Waals surface area contributed by atoms with Gasteiger partial charge in [-0.1, -0.05) is 304 Å². The van der Waals surface area contributed by atoms with E-state index in [-0.39, 0.29) is 25.7 Å². The predicted octanol–water partition coefficient (Wildman–Crippen LogP) is 25.2. The molecule has 0 aliphatic heterocycles. The molecule has 0 saturated heterocycles. The summed E-state index contributed by atoms with van der Waals surface area (Å²) in [5, 5.41) is 10.7. The van der Waals surface area contributed by atoms with Crippen LogP contribution in [-0.2, 0) is 65.4 Å². The molecule has 0 aliphatic carbocycles. The topological polar surface area (TPSA) is 237 Å². The van der Waals surface area contributed by atoms with Crippen molar-refractivity contribution in [3.05, 3.63) is 219 Å². The molecular formula is C93H146O17P2.